The van der Waals surface area contributed by atoms with Crippen LogP contribution in [0.15, 0.2) is 53.1 Å². The molecule has 0 unspecified atom stereocenters. The molecule has 0 aliphatic heterocycles. The maximum atomic E-state index is 12.1. The second kappa shape index (κ2) is 10.1. The second-order valence-corrected chi connectivity index (χ2v) is 7.18. The monoisotopic (exact) mass is 447 g/mol. The summed E-state index contributed by atoms with van der Waals surface area (Å²) in [5.41, 5.74) is 2.20. The molecule has 9 heteroatoms. The van der Waals surface area contributed by atoms with E-state index in [4.69, 9.17) is 27.6 Å². The molecule has 7 nitrogen and oxygen atoms in total. The first-order valence-corrected chi connectivity index (χ1v) is 9.81. The zero-order valence-electron chi connectivity index (χ0n) is 16.1. The summed E-state index contributed by atoms with van der Waals surface area (Å²) < 4.78 is 10.2. The Bertz CT molecular complexity index is 1030. The summed E-state index contributed by atoms with van der Waals surface area (Å²) in [5.74, 6) is 0.841. The molecule has 0 aliphatic rings. The number of hydrogen-bond donors (Lipinski definition) is 2. The highest BCUT2D eigenvalue weighted by Crippen LogP contribution is 2.30. The van der Waals surface area contributed by atoms with Crippen LogP contribution in [0.3, 0.4) is 0 Å². The Morgan fingerprint density at radius 1 is 1.13 bits per heavy atom. The van der Waals surface area contributed by atoms with Gasteiger partial charge in [-0.3, -0.25) is 10.1 Å². The number of oxazole rings is 1. The number of aromatic nitrogens is 1. The summed E-state index contributed by atoms with van der Waals surface area (Å²) in [6, 6.07) is 12.2. The minimum atomic E-state index is -0.538. The van der Waals surface area contributed by atoms with Gasteiger partial charge in [-0.2, -0.15) is 0 Å². The Balaban J connectivity index is 1.47. The number of halogens is 2. The Morgan fingerprint density at radius 3 is 2.60 bits per heavy atom. The van der Waals surface area contributed by atoms with E-state index in [1.165, 1.54) is 7.11 Å². The minimum Gasteiger partial charge on any atom is -0.453 e. The maximum Gasteiger partial charge on any atom is 0.411 e. The lowest BCUT2D eigenvalue weighted by molar-refractivity contribution is -0.121. The van der Waals surface area contributed by atoms with Crippen LogP contribution in [0.25, 0.3) is 11.3 Å². The molecule has 3 aromatic rings. The molecule has 30 heavy (non-hydrogen) atoms. The number of ether oxygens (including phenoxy) is 1. The van der Waals surface area contributed by atoms with Crippen LogP contribution in [0.2, 0.25) is 10.0 Å². The molecule has 1 heterocycles. The summed E-state index contributed by atoms with van der Waals surface area (Å²) >= 11 is 12.1. The van der Waals surface area contributed by atoms with Crippen LogP contribution >= 0.6 is 23.2 Å². The Labute approximate surface area is 183 Å². The first kappa shape index (κ1) is 21.7. The van der Waals surface area contributed by atoms with Crippen molar-refractivity contribution < 1.29 is 18.7 Å². The number of rotatable bonds is 7. The van der Waals surface area contributed by atoms with E-state index < -0.39 is 6.09 Å². The van der Waals surface area contributed by atoms with Gasteiger partial charge >= 0.3 is 6.09 Å². The quantitative estimate of drug-likeness (QED) is 0.526. The number of carbonyl (C=O) groups excluding carboxylic acids is 2. The van der Waals surface area contributed by atoms with Crippen molar-refractivity contribution >= 4 is 40.9 Å². The van der Waals surface area contributed by atoms with Gasteiger partial charge in [0.15, 0.2) is 11.7 Å². The van der Waals surface area contributed by atoms with Crippen molar-refractivity contribution in [1.29, 1.82) is 0 Å². The highest BCUT2D eigenvalue weighted by molar-refractivity contribution is 6.36. The van der Waals surface area contributed by atoms with Crippen LogP contribution in [0.4, 0.5) is 10.5 Å². The van der Waals surface area contributed by atoms with Crippen molar-refractivity contribution in [2.75, 3.05) is 12.4 Å². The molecule has 0 atom stereocenters. The molecule has 0 fully saturated rings. The van der Waals surface area contributed by atoms with E-state index in [2.05, 4.69) is 20.4 Å². The number of carbonyl (C=O) groups is 2. The average Bonchev–Trinajstić information content (AvgIpc) is 3.20. The van der Waals surface area contributed by atoms with Crippen molar-refractivity contribution in [1.82, 2.24) is 10.3 Å². The van der Waals surface area contributed by atoms with Crippen LogP contribution in [0.1, 0.15) is 17.9 Å². The second-order valence-electron chi connectivity index (χ2n) is 6.33. The van der Waals surface area contributed by atoms with Crippen molar-refractivity contribution in [3.63, 3.8) is 0 Å². The largest absolute Gasteiger partial charge is 0.453 e. The number of amides is 2. The number of anilines is 1. The van der Waals surface area contributed by atoms with Gasteiger partial charge in [0, 0.05) is 35.7 Å². The highest BCUT2D eigenvalue weighted by Gasteiger charge is 2.12. The van der Waals surface area contributed by atoms with E-state index in [0.29, 0.717) is 45.9 Å². The van der Waals surface area contributed by atoms with Gasteiger partial charge in [-0.05, 0) is 35.9 Å². The molecular formula is C21H19Cl2N3O4. The Morgan fingerprint density at radius 2 is 1.90 bits per heavy atom. The molecule has 0 saturated heterocycles. The van der Waals surface area contributed by atoms with Gasteiger partial charge in [0.05, 0.1) is 18.3 Å². The van der Waals surface area contributed by atoms with E-state index >= 15 is 0 Å². The minimum absolute atomic E-state index is 0.129. The van der Waals surface area contributed by atoms with Gasteiger partial charge in [-0.15, -0.1) is 0 Å². The van der Waals surface area contributed by atoms with Crippen molar-refractivity contribution in [3.8, 4) is 11.3 Å². The fourth-order valence-electron chi connectivity index (χ4n) is 2.62. The molecule has 1 aromatic heterocycles. The smallest absolute Gasteiger partial charge is 0.411 e. The predicted octanol–water partition coefficient (Wildman–Crippen LogP) is 5.08. The molecule has 0 saturated carbocycles. The molecule has 2 N–H and O–H groups in total. The number of nitrogens with zero attached hydrogens (tertiary/aromatic N) is 1. The lowest BCUT2D eigenvalue weighted by Crippen LogP contribution is -2.23. The summed E-state index contributed by atoms with van der Waals surface area (Å²) in [6.45, 7) is 0.370. The first-order chi connectivity index (χ1) is 14.4. The number of nitrogens with one attached hydrogen (secondary N) is 2. The van der Waals surface area contributed by atoms with Crippen molar-refractivity contribution in [3.05, 3.63) is 70.2 Å². The topological polar surface area (TPSA) is 93.5 Å². The zero-order chi connectivity index (χ0) is 21.5. The third-order valence-corrected chi connectivity index (χ3v) is 4.74. The van der Waals surface area contributed by atoms with E-state index in [-0.39, 0.29) is 12.3 Å². The zero-order valence-corrected chi connectivity index (χ0v) is 17.6. The summed E-state index contributed by atoms with van der Waals surface area (Å²) in [4.78, 5) is 27.5. The van der Waals surface area contributed by atoms with Gasteiger partial charge in [0.1, 0.15) is 0 Å². The number of benzene rings is 2. The van der Waals surface area contributed by atoms with Gasteiger partial charge in [-0.1, -0.05) is 35.3 Å². The molecule has 3 rings (SSSR count). The van der Waals surface area contributed by atoms with E-state index in [1.807, 2.05) is 12.1 Å². The summed E-state index contributed by atoms with van der Waals surface area (Å²) in [5, 5.41) is 6.40. The van der Waals surface area contributed by atoms with Gasteiger partial charge in [0.25, 0.3) is 0 Å². The molecule has 0 radical (unpaired) electrons. The lowest BCUT2D eigenvalue weighted by atomic mass is 10.2. The molecule has 2 aromatic carbocycles. The van der Waals surface area contributed by atoms with E-state index in [1.54, 1.807) is 36.5 Å². The fraction of sp³-hybridized carbons (Fsp3) is 0.190. The summed E-state index contributed by atoms with van der Waals surface area (Å²) in [7, 11) is 1.30. The molecule has 0 spiro atoms. The predicted molar refractivity (Wildman–Crippen MR) is 115 cm³/mol. The third-order valence-electron chi connectivity index (χ3n) is 4.19. The van der Waals surface area contributed by atoms with Crippen molar-refractivity contribution in [2.24, 2.45) is 0 Å². The average molecular weight is 448 g/mol. The van der Waals surface area contributed by atoms with Crippen molar-refractivity contribution in [2.45, 2.75) is 19.4 Å². The fourth-order valence-corrected chi connectivity index (χ4v) is 3.13. The van der Waals surface area contributed by atoms with Gasteiger partial charge < -0.3 is 14.5 Å². The molecule has 0 bridgehead atoms. The maximum absolute atomic E-state index is 12.1. The number of methoxy groups -OCH3 is 1. The first-order valence-electron chi connectivity index (χ1n) is 9.05. The highest BCUT2D eigenvalue weighted by atomic mass is 35.5. The molecule has 0 aliphatic carbocycles. The van der Waals surface area contributed by atoms with E-state index in [0.717, 1.165) is 5.56 Å². The lowest BCUT2D eigenvalue weighted by Gasteiger charge is -2.07. The van der Waals surface area contributed by atoms with Gasteiger partial charge in [0.2, 0.25) is 5.91 Å². The third kappa shape index (κ3) is 5.98. The summed E-state index contributed by atoms with van der Waals surface area (Å²) in [6.07, 6.45) is 1.63. The van der Waals surface area contributed by atoms with Crippen LogP contribution in [0, 0.1) is 0 Å². The van der Waals surface area contributed by atoms with Crippen LogP contribution < -0.4 is 10.6 Å². The van der Waals surface area contributed by atoms with Gasteiger partial charge in [-0.25, -0.2) is 9.78 Å². The Kier molecular flexibility index (Phi) is 7.32. The standard InChI is InChI=1S/C21H19Cl2N3O4/c1-29-21(28)26-15-5-2-13(3-6-15)11-24-19(27)8-9-20-25-12-18(30-20)16-7-4-14(22)10-17(16)23/h2-7,10,12H,8-9,11H2,1H3,(H,24,27)(H,26,28). The van der Waals surface area contributed by atoms with Crippen LogP contribution in [0.5, 0.6) is 0 Å². The number of hydrogen-bond acceptors (Lipinski definition) is 5. The normalized spacial score (nSPS) is 10.5. The van der Waals surface area contributed by atoms with E-state index in [9.17, 15) is 9.59 Å². The molecule has 156 valence electrons. The SMILES string of the molecule is COC(=O)Nc1ccc(CNC(=O)CCc2ncc(-c3ccc(Cl)cc3Cl)o2)cc1. The number of aryl methyl sites for hydroxylation is 1. The van der Waals surface area contributed by atoms with Crippen LogP contribution in [-0.2, 0) is 22.5 Å². The molecular weight excluding hydrogens is 429 g/mol. The molecule has 2 amide bonds. The Hall–Kier alpha value is -3.03. The van der Waals surface area contributed by atoms with Crippen LogP contribution in [-0.4, -0.2) is 24.1 Å².